The Bertz CT molecular complexity index is 238. The molecule has 2 saturated heterocycles. The van der Waals surface area contributed by atoms with E-state index in [-0.39, 0.29) is 0 Å². The van der Waals surface area contributed by atoms with Crippen LogP contribution in [0, 0.1) is 5.92 Å². The zero-order valence-electron chi connectivity index (χ0n) is 9.81. The largest absolute Gasteiger partial charge is 0.381 e. The van der Waals surface area contributed by atoms with Crippen molar-refractivity contribution in [1.82, 2.24) is 10.6 Å². The van der Waals surface area contributed by atoms with Gasteiger partial charge < -0.3 is 15.4 Å². The van der Waals surface area contributed by atoms with Gasteiger partial charge in [-0.1, -0.05) is 5.57 Å². The number of rotatable bonds is 4. The lowest BCUT2D eigenvalue weighted by atomic mass is 9.99. The molecule has 0 amide bonds. The second-order valence-corrected chi connectivity index (χ2v) is 4.78. The van der Waals surface area contributed by atoms with E-state index in [1.165, 1.54) is 12.0 Å². The average Bonchev–Trinajstić information content (AvgIpc) is 2.63. The van der Waals surface area contributed by atoms with Crippen LogP contribution < -0.4 is 10.6 Å². The Morgan fingerprint density at radius 1 is 1.60 bits per heavy atom. The normalized spacial score (nSPS) is 27.6. The van der Waals surface area contributed by atoms with Gasteiger partial charge in [-0.25, -0.2) is 0 Å². The summed E-state index contributed by atoms with van der Waals surface area (Å²) >= 11 is 0. The van der Waals surface area contributed by atoms with E-state index in [2.05, 4.69) is 24.5 Å². The Morgan fingerprint density at radius 2 is 2.40 bits per heavy atom. The quantitative estimate of drug-likeness (QED) is 0.677. The zero-order chi connectivity index (χ0) is 10.7. The fourth-order valence-corrected chi connectivity index (χ4v) is 2.10. The van der Waals surface area contributed by atoms with Gasteiger partial charge >= 0.3 is 0 Å². The SMILES string of the molecule is CC(CNC(C)C1CCOC1)=C1CNC1. The smallest absolute Gasteiger partial charge is 0.0509 e. The monoisotopic (exact) mass is 210 g/mol. The Balaban J connectivity index is 1.72. The molecule has 0 aromatic heterocycles. The van der Waals surface area contributed by atoms with Crippen molar-refractivity contribution in [2.45, 2.75) is 26.3 Å². The standard InChI is InChI=1S/C12H22N2O/c1-9(12-6-13-7-12)5-14-10(2)11-3-4-15-8-11/h10-11,13-14H,3-8H2,1-2H3. The van der Waals surface area contributed by atoms with Crippen LogP contribution in [-0.2, 0) is 4.74 Å². The van der Waals surface area contributed by atoms with E-state index in [9.17, 15) is 0 Å². The van der Waals surface area contributed by atoms with E-state index in [1.54, 1.807) is 5.57 Å². The van der Waals surface area contributed by atoms with Crippen molar-refractivity contribution in [2.75, 3.05) is 32.8 Å². The molecule has 2 N–H and O–H groups in total. The maximum absolute atomic E-state index is 5.40. The fourth-order valence-electron chi connectivity index (χ4n) is 2.10. The highest BCUT2D eigenvalue weighted by atomic mass is 16.5. The lowest BCUT2D eigenvalue weighted by Gasteiger charge is -2.24. The molecule has 0 aliphatic carbocycles. The molecule has 0 spiro atoms. The third-order valence-electron chi connectivity index (χ3n) is 3.64. The molecule has 0 aromatic carbocycles. The highest BCUT2D eigenvalue weighted by Crippen LogP contribution is 2.16. The Hall–Kier alpha value is -0.380. The van der Waals surface area contributed by atoms with E-state index in [0.29, 0.717) is 12.0 Å². The lowest BCUT2D eigenvalue weighted by Crippen LogP contribution is -2.39. The highest BCUT2D eigenvalue weighted by Gasteiger charge is 2.22. The van der Waals surface area contributed by atoms with Crippen molar-refractivity contribution < 1.29 is 4.74 Å². The minimum atomic E-state index is 0.580. The fraction of sp³-hybridized carbons (Fsp3) is 0.833. The van der Waals surface area contributed by atoms with E-state index in [4.69, 9.17) is 4.74 Å². The molecule has 0 radical (unpaired) electrons. The van der Waals surface area contributed by atoms with Crippen molar-refractivity contribution >= 4 is 0 Å². The zero-order valence-corrected chi connectivity index (χ0v) is 9.81. The number of ether oxygens (including phenoxy) is 1. The summed E-state index contributed by atoms with van der Waals surface area (Å²) < 4.78 is 5.40. The van der Waals surface area contributed by atoms with Crippen LogP contribution >= 0.6 is 0 Å². The molecular weight excluding hydrogens is 188 g/mol. The number of hydrogen-bond donors (Lipinski definition) is 2. The summed E-state index contributed by atoms with van der Waals surface area (Å²) in [7, 11) is 0. The van der Waals surface area contributed by atoms with Crippen molar-refractivity contribution in [3.8, 4) is 0 Å². The van der Waals surface area contributed by atoms with Gasteiger partial charge in [-0.15, -0.1) is 0 Å². The summed E-state index contributed by atoms with van der Waals surface area (Å²) in [6.45, 7) is 9.61. The maximum Gasteiger partial charge on any atom is 0.0509 e. The third kappa shape index (κ3) is 2.80. The number of hydrogen-bond acceptors (Lipinski definition) is 3. The lowest BCUT2D eigenvalue weighted by molar-refractivity contribution is 0.179. The molecule has 2 fully saturated rings. The van der Waals surface area contributed by atoms with Gasteiger partial charge in [0, 0.05) is 32.3 Å². The Morgan fingerprint density at radius 3 is 2.93 bits per heavy atom. The first kappa shape index (κ1) is 11.1. The van der Waals surface area contributed by atoms with Crippen LogP contribution in [0.3, 0.4) is 0 Å². The minimum Gasteiger partial charge on any atom is -0.381 e. The molecule has 0 saturated carbocycles. The summed E-state index contributed by atoms with van der Waals surface area (Å²) in [6, 6.07) is 0.580. The number of nitrogens with one attached hydrogen (secondary N) is 2. The van der Waals surface area contributed by atoms with Gasteiger partial charge in [-0.2, -0.15) is 0 Å². The van der Waals surface area contributed by atoms with Gasteiger partial charge in [-0.05, 0) is 31.8 Å². The second-order valence-electron chi connectivity index (χ2n) is 4.78. The molecule has 0 aromatic rings. The van der Waals surface area contributed by atoms with Crippen LogP contribution in [-0.4, -0.2) is 38.9 Å². The molecule has 3 heteroatoms. The predicted octanol–water partition coefficient (Wildman–Crippen LogP) is 0.921. The van der Waals surface area contributed by atoms with Crippen LogP contribution in [0.15, 0.2) is 11.1 Å². The minimum absolute atomic E-state index is 0.580. The van der Waals surface area contributed by atoms with E-state index >= 15 is 0 Å². The maximum atomic E-state index is 5.40. The van der Waals surface area contributed by atoms with Gasteiger partial charge in [-0.3, -0.25) is 0 Å². The van der Waals surface area contributed by atoms with E-state index in [0.717, 1.165) is 32.8 Å². The molecule has 0 bridgehead atoms. The summed E-state index contributed by atoms with van der Waals surface area (Å²) in [4.78, 5) is 0. The molecule has 3 nitrogen and oxygen atoms in total. The molecule has 15 heavy (non-hydrogen) atoms. The van der Waals surface area contributed by atoms with Crippen LogP contribution in [0.1, 0.15) is 20.3 Å². The first-order chi connectivity index (χ1) is 7.27. The van der Waals surface area contributed by atoms with Crippen LogP contribution in [0.25, 0.3) is 0 Å². The Labute approximate surface area is 92.3 Å². The second kappa shape index (κ2) is 5.10. The summed E-state index contributed by atoms with van der Waals surface area (Å²) in [6.07, 6.45) is 1.21. The van der Waals surface area contributed by atoms with Crippen molar-refractivity contribution in [1.29, 1.82) is 0 Å². The van der Waals surface area contributed by atoms with Crippen LogP contribution in [0.5, 0.6) is 0 Å². The van der Waals surface area contributed by atoms with Gasteiger partial charge in [0.15, 0.2) is 0 Å². The van der Waals surface area contributed by atoms with E-state index < -0.39 is 0 Å². The van der Waals surface area contributed by atoms with Crippen molar-refractivity contribution in [2.24, 2.45) is 5.92 Å². The van der Waals surface area contributed by atoms with E-state index in [1.807, 2.05) is 0 Å². The molecule has 2 unspecified atom stereocenters. The molecule has 2 rings (SSSR count). The average molecular weight is 210 g/mol. The summed E-state index contributed by atoms with van der Waals surface area (Å²) in [5, 5.41) is 6.89. The Kier molecular flexibility index (Phi) is 3.78. The van der Waals surface area contributed by atoms with Gasteiger partial charge in [0.05, 0.1) is 6.61 Å². The first-order valence-corrected chi connectivity index (χ1v) is 5.96. The van der Waals surface area contributed by atoms with Crippen molar-refractivity contribution in [3.63, 3.8) is 0 Å². The highest BCUT2D eigenvalue weighted by molar-refractivity contribution is 5.22. The molecule has 86 valence electrons. The summed E-state index contributed by atoms with van der Waals surface area (Å²) in [5.74, 6) is 0.710. The van der Waals surface area contributed by atoms with Crippen molar-refractivity contribution in [3.05, 3.63) is 11.1 Å². The van der Waals surface area contributed by atoms with Crippen LogP contribution in [0.2, 0.25) is 0 Å². The van der Waals surface area contributed by atoms with Gasteiger partial charge in [0.1, 0.15) is 0 Å². The topological polar surface area (TPSA) is 33.3 Å². The molecule has 2 atom stereocenters. The summed E-state index contributed by atoms with van der Waals surface area (Å²) in [5.41, 5.74) is 3.09. The molecule has 2 aliphatic heterocycles. The van der Waals surface area contributed by atoms with Gasteiger partial charge in [0.2, 0.25) is 0 Å². The molecular formula is C12H22N2O. The molecule has 2 aliphatic rings. The third-order valence-corrected chi connectivity index (χ3v) is 3.64. The van der Waals surface area contributed by atoms with Crippen LogP contribution in [0.4, 0.5) is 0 Å². The first-order valence-electron chi connectivity index (χ1n) is 5.96. The predicted molar refractivity (Wildman–Crippen MR) is 62.0 cm³/mol. The molecule has 2 heterocycles. The van der Waals surface area contributed by atoms with Gasteiger partial charge in [0.25, 0.3) is 0 Å².